The van der Waals surface area contributed by atoms with Crippen LogP contribution >= 0.6 is 0 Å². The van der Waals surface area contributed by atoms with Gasteiger partial charge in [-0.05, 0) is 57.4 Å². The van der Waals surface area contributed by atoms with E-state index in [1.807, 2.05) is 62.3 Å². The summed E-state index contributed by atoms with van der Waals surface area (Å²) in [5.41, 5.74) is 2.81. The minimum atomic E-state index is -4.28. The van der Waals surface area contributed by atoms with Crippen molar-refractivity contribution in [1.29, 1.82) is 0 Å². The van der Waals surface area contributed by atoms with Gasteiger partial charge in [-0.3, -0.25) is 13.7 Å². The highest BCUT2D eigenvalue weighted by atomic mass is 32.2. The maximum atomic E-state index is 13.4. The fourth-order valence-corrected chi connectivity index (χ4v) is 8.72. The molecule has 0 aliphatic carbocycles. The summed E-state index contributed by atoms with van der Waals surface area (Å²) in [5, 5.41) is 0. The van der Waals surface area contributed by atoms with E-state index in [0.717, 1.165) is 0 Å². The Morgan fingerprint density at radius 2 is 1.29 bits per heavy atom. The third kappa shape index (κ3) is 10.7. The normalized spacial score (nSPS) is 17.2. The Morgan fingerprint density at radius 1 is 0.745 bits per heavy atom. The molecule has 2 aliphatic heterocycles. The van der Waals surface area contributed by atoms with Crippen molar-refractivity contribution in [3.05, 3.63) is 82.6 Å². The molecule has 0 radical (unpaired) electrons. The number of hydrogen-bond acceptors (Lipinski definition) is 11. The number of carbonyl (C=O) groups is 2. The summed E-state index contributed by atoms with van der Waals surface area (Å²) < 4.78 is 110. The maximum Gasteiger partial charge on any atom is 0.338 e. The molecule has 0 unspecified atom stereocenters. The van der Waals surface area contributed by atoms with E-state index in [9.17, 15) is 43.9 Å². The van der Waals surface area contributed by atoms with Crippen molar-refractivity contribution >= 4 is 59.4 Å². The first-order chi connectivity index (χ1) is 25.5. The molecule has 2 heterocycles. The number of hydrogen-bond donors (Lipinski definition) is 3. The Bertz CT molecular complexity index is 2240. The zero-order valence-electron chi connectivity index (χ0n) is 31.5. The van der Waals surface area contributed by atoms with Gasteiger partial charge in [0.05, 0.1) is 52.6 Å². The van der Waals surface area contributed by atoms with Crippen LogP contribution in [0.4, 0.5) is 11.4 Å². The number of nitrogens with zero attached hydrogens (tertiary/aromatic N) is 2. The van der Waals surface area contributed by atoms with Crippen LogP contribution in [0.3, 0.4) is 0 Å². The van der Waals surface area contributed by atoms with Crippen LogP contribution < -0.4 is 4.90 Å². The fraction of sp³-hybridized carbons (Fsp3) is 0.486. The van der Waals surface area contributed by atoms with Crippen molar-refractivity contribution in [2.75, 3.05) is 48.5 Å². The molecule has 55 heavy (non-hydrogen) atoms. The molecule has 2 aliphatic rings. The van der Waals surface area contributed by atoms with E-state index in [1.165, 1.54) is 0 Å². The number of anilines is 1. The highest BCUT2D eigenvalue weighted by molar-refractivity contribution is 7.86. The number of fused-ring (bicyclic) bond motifs is 2. The van der Waals surface area contributed by atoms with Gasteiger partial charge in [0.15, 0.2) is 5.71 Å². The molecule has 0 fully saturated rings. The van der Waals surface area contributed by atoms with Gasteiger partial charge in [-0.2, -0.15) is 29.8 Å². The van der Waals surface area contributed by atoms with Crippen molar-refractivity contribution in [1.82, 2.24) is 0 Å². The Balaban J connectivity index is 1.80. The summed E-state index contributed by atoms with van der Waals surface area (Å²) in [6.45, 7) is 9.81. The highest BCUT2D eigenvalue weighted by Gasteiger charge is 2.47. The molecule has 2 aromatic carbocycles. The van der Waals surface area contributed by atoms with E-state index in [-0.39, 0.29) is 51.1 Å². The molecule has 18 heteroatoms. The molecule has 0 amide bonds. The SMILES string of the molecule is CCCOC(=O)c1cccc2c1C(C)(C)C(/C=C/C=C1/N(CCCS(=O)(=O)O)c3cccc(C(=O)OCCCS(=O)(=O)O)c3C1(C)C)=[N+]2CCCS(=O)(=O)O. The number of rotatable bonds is 18. The van der Waals surface area contributed by atoms with E-state index >= 15 is 0 Å². The van der Waals surface area contributed by atoms with Crippen molar-refractivity contribution in [2.45, 2.75) is 71.1 Å². The zero-order chi connectivity index (χ0) is 41.0. The molecule has 0 saturated heterocycles. The molecule has 3 N–H and O–H groups in total. The standard InChI is InChI=1S/C37H48N2O13S3/c1-6-21-51-34(40)26-13-7-15-28-32(26)36(2,3)30(38(28)19-10-23-53(42,43)44)17-9-18-31-37(4,5)33-27(35(41)52-22-12-25-55(48,49)50)14-8-16-29(33)39(31)20-11-24-54(45,46)47/h7-9,13-18H,6,10-12,19-25H2,1-5H3,(H2-,42,43,44,45,46,47,48,49,50)/p+1. The average Bonchev–Trinajstić information content (AvgIpc) is 3.42. The van der Waals surface area contributed by atoms with Crippen LogP contribution in [0, 0.1) is 0 Å². The second-order valence-electron chi connectivity index (χ2n) is 14.4. The lowest BCUT2D eigenvalue weighted by atomic mass is 9.78. The summed E-state index contributed by atoms with van der Waals surface area (Å²) in [4.78, 5) is 28.5. The third-order valence-electron chi connectivity index (χ3n) is 9.51. The molecule has 0 atom stereocenters. The number of esters is 2. The molecule has 302 valence electrons. The van der Waals surface area contributed by atoms with Gasteiger partial charge in [0.2, 0.25) is 5.69 Å². The lowest BCUT2D eigenvalue weighted by Crippen LogP contribution is -2.30. The van der Waals surface area contributed by atoms with Gasteiger partial charge < -0.3 is 14.4 Å². The number of allylic oxidation sites excluding steroid dienone is 4. The third-order valence-corrected chi connectivity index (χ3v) is 11.9. The molecular weight excluding hydrogens is 777 g/mol. The lowest BCUT2D eigenvalue weighted by molar-refractivity contribution is -0.437. The van der Waals surface area contributed by atoms with Gasteiger partial charge in [-0.25, -0.2) is 9.59 Å². The second-order valence-corrected chi connectivity index (χ2v) is 19.2. The Hall–Kier alpha value is -3.94. The minimum Gasteiger partial charge on any atom is -0.462 e. The van der Waals surface area contributed by atoms with Crippen LogP contribution in [0.25, 0.3) is 0 Å². The van der Waals surface area contributed by atoms with E-state index < -0.39 is 70.4 Å². The van der Waals surface area contributed by atoms with E-state index in [1.54, 1.807) is 36.4 Å². The summed E-state index contributed by atoms with van der Waals surface area (Å²) in [6, 6.07) is 10.2. The Morgan fingerprint density at radius 3 is 1.89 bits per heavy atom. The predicted octanol–water partition coefficient (Wildman–Crippen LogP) is 4.86. The molecule has 4 rings (SSSR count). The van der Waals surface area contributed by atoms with Crippen LogP contribution in [-0.2, 0) is 50.7 Å². The summed E-state index contributed by atoms with van der Waals surface area (Å²) >= 11 is 0. The van der Waals surface area contributed by atoms with Gasteiger partial charge in [-0.1, -0.05) is 39.0 Å². The summed E-state index contributed by atoms with van der Waals surface area (Å²) in [6.07, 6.45) is 6.06. The molecule has 15 nitrogen and oxygen atoms in total. The zero-order valence-corrected chi connectivity index (χ0v) is 34.0. The smallest absolute Gasteiger partial charge is 0.338 e. The first kappa shape index (κ1) is 43.8. The van der Waals surface area contributed by atoms with Crippen LogP contribution in [0.1, 0.15) is 92.1 Å². The Labute approximate surface area is 323 Å². The van der Waals surface area contributed by atoms with Crippen molar-refractivity contribution < 1.29 is 62.5 Å². The van der Waals surface area contributed by atoms with E-state index in [2.05, 4.69) is 0 Å². The highest BCUT2D eigenvalue weighted by Crippen LogP contribution is 2.50. The van der Waals surface area contributed by atoms with E-state index in [4.69, 9.17) is 14.0 Å². The molecule has 0 aromatic heterocycles. The average molecular weight is 826 g/mol. The first-order valence-corrected chi connectivity index (χ1v) is 22.6. The maximum absolute atomic E-state index is 13.4. The van der Waals surface area contributed by atoms with Gasteiger partial charge in [0.1, 0.15) is 6.54 Å². The molecule has 0 saturated carbocycles. The number of ether oxygens (including phenoxy) is 2. The molecular formula is C37H49N2O13S3+. The van der Waals surface area contributed by atoms with Gasteiger partial charge in [-0.15, -0.1) is 0 Å². The van der Waals surface area contributed by atoms with E-state index in [0.29, 0.717) is 45.9 Å². The lowest BCUT2D eigenvalue weighted by Gasteiger charge is -2.27. The van der Waals surface area contributed by atoms with Gasteiger partial charge >= 0.3 is 11.9 Å². The van der Waals surface area contributed by atoms with Crippen molar-refractivity contribution in [3.8, 4) is 0 Å². The second kappa shape index (κ2) is 17.1. The van der Waals surface area contributed by atoms with Gasteiger partial charge in [0, 0.05) is 47.5 Å². The van der Waals surface area contributed by atoms with Crippen LogP contribution in [-0.4, -0.2) is 105 Å². The largest absolute Gasteiger partial charge is 0.462 e. The van der Waals surface area contributed by atoms with Crippen molar-refractivity contribution in [2.24, 2.45) is 0 Å². The van der Waals surface area contributed by atoms with Crippen LogP contribution in [0.5, 0.6) is 0 Å². The first-order valence-electron chi connectivity index (χ1n) is 17.8. The summed E-state index contributed by atoms with van der Waals surface area (Å²) in [7, 11) is -12.8. The van der Waals surface area contributed by atoms with Gasteiger partial charge in [0.25, 0.3) is 30.4 Å². The quantitative estimate of drug-likeness (QED) is 0.0791. The Kier molecular flexibility index (Phi) is 13.6. The predicted molar refractivity (Wildman–Crippen MR) is 207 cm³/mol. The molecule has 0 bridgehead atoms. The topological polar surface area (TPSA) is 222 Å². The van der Waals surface area contributed by atoms with Crippen LogP contribution in [0.15, 0.2) is 60.3 Å². The molecule has 2 aromatic rings. The summed E-state index contributed by atoms with van der Waals surface area (Å²) in [5.74, 6) is -2.78. The monoisotopic (exact) mass is 825 g/mol. The number of carbonyl (C=O) groups excluding carboxylic acids is 2. The van der Waals surface area contributed by atoms with Crippen LogP contribution in [0.2, 0.25) is 0 Å². The molecule has 0 spiro atoms. The van der Waals surface area contributed by atoms with Crippen molar-refractivity contribution in [3.63, 3.8) is 0 Å². The fourth-order valence-electron chi connectivity index (χ4n) is 7.25. The number of benzene rings is 2. The minimum absolute atomic E-state index is 0.0396.